The molecule has 0 fully saturated rings. The number of nitrogen functional groups attached to an aromatic ring is 1. The second kappa shape index (κ2) is 7.93. The Morgan fingerprint density at radius 1 is 0.897 bits per heavy atom. The number of rotatable bonds is 5. The number of anilines is 2. The highest BCUT2D eigenvalue weighted by atomic mass is 32.2. The van der Waals surface area contributed by atoms with Gasteiger partial charge in [0, 0.05) is 17.8 Å². The molecule has 0 amide bonds. The van der Waals surface area contributed by atoms with Crippen molar-refractivity contribution in [1.29, 1.82) is 10.5 Å². The molecule has 3 aromatic rings. The molecular weight excluding hydrogens is 388 g/mol. The Morgan fingerprint density at radius 2 is 1.48 bits per heavy atom. The third kappa shape index (κ3) is 4.46. The normalized spacial score (nSPS) is 10.6. The van der Waals surface area contributed by atoms with Gasteiger partial charge < -0.3 is 10.5 Å². The summed E-state index contributed by atoms with van der Waals surface area (Å²) in [6, 6.07) is 19.3. The van der Waals surface area contributed by atoms with Gasteiger partial charge in [-0.1, -0.05) is 17.7 Å². The molecule has 0 aliphatic carbocycles. The minimum absolute atomic E-state index is 0.0918. The van der Waals surface area contributed by atoms with Crippen LogP contribution < -0.4 is 15.2 Å². The van der Waals surface area contributed by atoms with Crippen LogP contribution in [0.1, 0.15) is 16.7 Å². The highest BCUT2D eigenvalue weighted by Crippen LogP contribution is 2.29. The Balaban J connectivity index is 1.87. The smallest absolute Gasteiger partial charge is 0.261 e. The van der Waals surface area contributed by atoms with Crippen LogP contribution in [0.5, 0.6) is 11.5 Å². The van der Waals surface area contributed by atoms with E-state index in [-0.39, 0.29) is 21.7 Å². The van der Waals surface area contributed by atoms with E-state index in [1.807, 2.05) is 19.1 Å². The Hall–Kier alpha value is -4.01. The number of sulfonamides is 1. The van der Waals surface area contributed by atoms with Crippen LogP contribution >= 0.6 is 0 Å². The van der Waals surface area contributed by atoms with Crippen LogP contribution in [0.25, 0.3) is 0 Å². The molecule has 3 N–H and O–H groups in total. The van der Waals surface area contributed by atoms with Crippen molar-refractivity contribution in [2.24, 2.45) is 0 Å². The van der Waals surface area contributed by atoms with E-state index >= 15 is 0 Å². The molecule has 0 heterocycles. The van der Waals surface area contributed by atoms with Crippen molar-refractivity contribution in [2.45, 2.75) is 11.8 Å². The van der Waals surface area contributed by atoms with Crippen LogP contribution in [0.2, 0.25) is 0 Å². The number of aryl methyl sites for hydroxylation is 1. The Kier molecular flexibility index (Phi) is 5.40. The standard InChI is InChI=1S/C21H16N4O3S/c1-14-2-6-19(7-3-14)29(26,27)25-21-9-5-18(11-16(21)13-23)28-17-4-8-20(24)15(10-17)12-22/h2-11,25H,24H2,1H3. The lowest BCUT2D eigenvalue weighted by molar-refractivity contribution is 0.482. The van der Waals surface area contributed by atoms with Gasteiger partial charge in [0.2, 0.25) is 0 Å². The molecule has 0 aliphatic heterocycles. The minimum Gasteiger partial charge on any atom is -0.457 e. The summed E-state index contributed by atoms with van der Waals surface area (Å²) in [4.78, 5) is 0.0956. The van der Waals surface area contributed by atoms with Crippen LogP contribution in [-0.2, 0) is 10.0 Å². The van der Waals surface area contributed by atoms with Crippen molar-refractivity contribution in [1.82, 2.24) is 0 Å². The van der Waals surface area contributed by atoms with Gasteiger partial charge in [-0.2, -0.15) is 10.5 Å². The molecule has 0 saturated heterocycles. The zero-order valence-corrected chi connectivity index (χ0v) is 16.2. The monoisotopic (exact) mass is 404 g/mol. The number of hydrogen-bond donors (Lipinski definition) is 2. The van der Waals surface area contributed by atoms with Crippen LogP contribution in [0.15, 0.2) is 65.6 Å². The fourth-order valence-corrected chi connectivity index (χ4v) is 3.60. The molecule has 8 heteroatoms. The average Bonchev–Trinajstić information content (AvgIpc) is 2.70. The lowest BCUT2D eigenvalue weighted by Gasteiger charge is -2.12. The zero-order chi connectivity index (χ0) is 21.0. The molecule has 29 heavy (non-hydrogen) atoms. The lowest BCUT2D eigenvalue weighted by atomic mass is 10.2. The predicted octanol–water partition coefficient (Wildman–Crippen LogP) is 3.91. The van der Waals surface area contributed by atoms with E-state index in [1.54, 1.807) is 24.3 Å². The van der Waals surface area contributed by atoms with Gasteiger partial charge in [0.25, 0.3) is 10.0 Å². The van der Waals surface area contributed by atoms with E-state index < -0.39 is 10.0 Å². The molecule has 0 saturated carbocycles. The lowest BCUT2D eigenvalue weighted by Crippen LogP contribution is -2.13. The van der Waals surface area contributed by atoms with Crippen LogP contribution in [0, 0.1) is 29.6 Å². The van der Waals surface area contributed by atoms with E-state index in [1.165, 1.54) is 36.4 Å². The first-order chi connectivity index (χ1) is 13.8. The molecule has 0 bridgehead atoms. The molecule has 7 nitrogen and oxygen atoms in total. The maximum atomic E-state index is 12.6. The summed E-state index contributed by atoms with van der Waals surface area (Å²) in [5.74, 6) is 0.682. The van der Waals surface area contributed by atoms with E-state index in [0.717, 1.165) is 5.56 Å². The van der Waals surface area contributed by atoms with Gasteiger partial charge in [-0.05, 0) is 43.3 Å². The van der Waals surface area contributed by atoms with Crippen molar-refractivity contribution < 1.29 is 13.2 Å². The fourth-order valence-electron chi connectivity index (χ4n) is 2.52. The molecular formula is C21H16N4O3S. The summed E-state index contributed by atoms with van der Waals surface area (Å²) in [7, 11) is -3.84. The molecule has 0 spiro atoms. The van der Waals surface area contributed by atoms with Gasteiger partial charge in [0.1, 0.15) is 23.6 Å². The van der Waals surface area contributed by atoms with Crippen molar-refractivity contribution in [3.8, 4) is 23.6 Å². The van der Waals surface area contributed by atoms with E-state index in [2.05, 4.69) is 4.72 Å². The summed E-state index contributed by atoms with van der Waals surface area (Å²) in [6.07, 6.45) is 0. The number of hydrogen-bond acceptors (Lipinski definition) is 6. The van der Waals surface area contributed by atoms with Gasteiger partial charge in [0.05, 0.1) is 21.7 Å². The number of nitrogens with zero attached hydrogens (tertiary/aromatic N) is 2. The van der Waals surface area contributed by atoms with E-state index in [9.17, 15) is 13.7 Å². The first-order valence-corrected chi connectivity index (χ1v) is 9.92. The summed E-state index contributed by atoms with van der Waals surface area (Å²) in [5, 5.41) is 18.5. The number of ether oxygens (including phenoxy) is 1. The molecule has 0 aromatic heterocycles. The highest BCUT2D eigenvalue weighted by molar-refractivity contribution is 7.92. The fraction of sp³-hybridized carbons (Fsp3) is 0.0476. The summed E-state index contributed by atoms with van der Waals surface area (Å²) < 4.78 is 33.2. The van der Waals surface area contributed by atoms with Gasteiger partial charge in [0.15, 0.2) is 0 Å². The predicted molar refractivity (Wildman–Crippen MR) is 109 cm³/mol. The number of nitriles is 2. The molecule has 0 unspecified atom stereocenters. The quantitative estimate of drug-likeness (QED) is 0.620. The second-order valence-electron chi connectivity index (χ2n) is 6.20. The number of nitrogens with two attached hydrogens (primary N) is 1. The third-order valence-electron chi connectivity index (χ3n) is 4.07. The van der Waals surface area contributed by atoms with Crippen molar-refractivity contribution >= 4 is 21.4 Å². The molecule has 0 aliphatic rings. The van der Waals surface area contributed by atoms with Gasteiger partial charge >= 0.3 is 0 Å². The number of nitrogens with one attached hydrogen (secondary N) is 1. The van der Waals surface area contributed by atoms with Crippen molar-refractivity contribution in [3.05, 3.63) is 77.4 Å². The molecule has 0 radical (unpaired) electrons. The van der Waals surface area contributed by atoms with Crippen LogP contribution in [0.4, 0.5) is 11.4 Å². The Bertz CT molecular complexity index is 1250. The molecule has 144 valence electrons. The van der Waals surface area contributed by atoms with Gasteiger partial charge in [-0.25, -0.2) is 8.42 Å². The van der Waals surface area contributed by atoms with Gasteiger partial charge in [-0.15, -0.1) is 0 Å². The Labute approximate surface area is 168 Å². The molecule has 3 rings (SSSR count). The summed E-state index contributed by atoms with van der Waals surface area (Å²) in [5.41, 5.74) is 7.45. The largest absolute Gasteiger partial charge is 0.457 e. The second-order valence-corrected chi connectivity index (χ2v) is 7.88. The minimum atomic E-state index is -3.84. The van der Waals surface area contributed by atoms with E-state index in [4.69, 9.17) is 15.7 Å². The van der Waals surface area contributed by atoms with Gasteiger partial charge in [-0.3, -0.25) is 4.72 Å². The highest BCUT2D eigenvalue weighted by Gasteiger charge is 2.16. The maximum absolute atomic E-state index is 12.6. The van der Waals surface area contributed by atoms with Crippen molar-refractivity contribution in [3.63, 3.8) is 0 Å². The third-order valence-corrected chi connectivity index (χ3v) is 5.45. The van der Waals surface area contributed by atoms with Crippen LogP contribution in [-0.4, -0.2) is 8.42 Å². The van der Waals surface area contributed by atoms with Crippen LogP contribution in [0.3, 0.4) is 0 Å². The topological polar surface area (TPSA) is 129 Å². The molecule has 0 atom stereocenters. The molecule has 3 aromatic carbocycles. The zero-order valence-electron chi connectivity index (χ0n) is 15.4. The maximum Gasteiger partial charge on any atom is 0.261 e. The first kappa shape index (κ1) is 19.7. The SMILES string of the molecule is Cc1ccc(S(=O)(=O)Nc2ccc(Oc3ccc(N)c(C#N)c3)cc2C#N)cc1. The number of benzene rings is 3. The average molecular weight is 404 g/mol. The summed E-state index contributed by atoms with van der Waals surface area (Å²) in [6.45, 7) is 1.86. The first-order valence-electron chi connectivity index (χ1n) is 8.43. The Morgan fingerprint density at radius 3 is 2.10 bits per heavy atom. The van der Waals surface area contributed by atoms with E-state index in [0.29, 0.717) is 17.2 Å². The van der Waals surface area contributed by atoms with Crippen molar-refractivity contribution in [2.75, 3.05) is 10.5 Å². The summed E-state index contributed by atoms with van der Waals surface area (Å²) >= 11 is 0.